The second-order valence-corrected chi connectivity index (χ2v) is 4.29. The molecule has 0 radical (unpaired) electrons. The Labute approximate surface area is 94.8 Å². The fourth-order valence-corrected chi connectivity index (χ4v) is 2.22. The van der Waals surface area contributed by atoms with Gasteiger partial charge in [0.05, 0.1) is 6.10 Å². The summed E-state index contributed by atoms with van der Waals surface area (Å²) in [6, 6.07) is 4.89. The average Bonchev–Trinajstić information content (AvgIpc) is 2.64. The number of ether oxygens (including phenoxy) is 1. The van der Waals surface area contributed by atoms with E-state index >= 15 is 0 Å². The average molecular weight is 224 g/mol. The molecule has 0 bridgehead atoms. The lowest BCUT2D eigenvalue weighted by atomic mass is 10.2. The van der Waals surface area contributed by atoms with Crippen LogP contribution in [0.15, 0.2) is 18.2 Å². The first-order valence-electron chi connectivity index (χ1n) is 5.53. The van der Waals surface area contributed by atoms with Crippen molar-refractivity contribution in [3.63, 3.8) is 0 Å². The Balaban J connectivity index is 1.99. The van der Waals surface area contributed by atoms with Gasteiger partial charge in [-0.1, -0.05) is 0 Å². The first-order valence-corrected chi connectivity index (χ1v) is 5.53. The van der Waals surface area contributed by atoms with Crippen LogP contribution in [0.4, 0.5) is 15.8 Å². The summed E-state index contributed by atoms with van der Waals surface area (Å²) in [4.78, 5) is 0. The molecule has 0 spiro atoms. The van der Waals surface area contributed by atoms with Crippen LogP contribution in [0.3, 0.4) is 0 Å². The van der Waals surface area contributed by atoms with Gasteiger partial charge in [-0.05, 0) is 37.5 Å². The number of halogens is 1. The van der Waals surface area contributed by atoms with Crippen LogP contribution in [-0.4, -0.2) is 19.3 Å². The van der Waals surface area contributed by atoms with Gasteiger partial charge in [-0.25, -0.2) is 4.39 Å². The van der Waals surface area contributed by atoms with Crippen molar-refractivity contribution in [1.29, 1.82) is 0 Å². The minimum absolute atomic E-state index is 0.302. The number of nitrogen functional groups attached to an aromatic ring is 1. The summed E-state index contributed by atoms with van der Waals surface area (Å²) >= 11 is 0. The molecule has 2 rings (SSSR count). The number of methoxy groups -OCH3 is 1. The van der Waals surface area contributed by atoms with Crippen LogP contribution in [0.1, 0.15) is 19.3 Å². The quantitative estimate of drug-likeness (QED) is 0.775. The van der Waals surface area contributed by atoms with E-state index in [1.165, 1.54) is 12.1 Å². The molecule has 1 saturated carbocycles. The van der Waals surface area contributed by atoms with Crippen LogP contribution in [0.5, 0.6) is 0 Å². The van der Waals surface area contributed by atoms with E-state index in [0.29, 0.717) is 17.8 Å². The van der Waals surface area contributed by atoms with Crippen molar-refractivity contribution in [2.24, 2.45) is 0 Å². The number of nitrogens with two attached hydrogens (primary N) is 1. The first kappa shape index (κ1) is 11.2. The SMILES string of the molecule is COC1CCC(Nc2cc(N)cc(F)c2)C1. The number of rotatable bonds is 3. The molecule has 1 aromatic rings. The Morgan fingerprint density at radius 3 is 2.81 bits per heavy atom. The smallest absolute Gasteiger partial charge is 0.127 e. The molecular formula is C12H17FN2O. The van der Waals surface area contributed by atoms with Gasteiger partial charge in [0.15, 0.2) is 0 Å². The molecule has 0 saturated heterocycles. The molecule has 1 aromatic carbocycles. The highest BCUT2D eigenvalue weighted by Crippen LogP contribution is 2.25. The lowest BCUT2D eigenvalue weighted by Crippen LogP contribution is -2.17. The molecule has 1 fully saturated rings. The molecule has 0 heterocycles. The number of benzene rings is 1. The van der Waals surface area contributed by atoms with Crippen molar-refractivity contribution in [3.8, 4) is 0 Å². The minimum Gasteiger partial charge on any atom is -0.399 e. The second kappa shape index (κ2) is 4.70. The summed E-state index contributed by atoms with van der Waals surface area (Å²) in [5, 5.41) is 3.29. The molecule has 0 amide bonds. The molecule has 4 heteroatoms. The molecule has 2 unspecified atom stereocenters. The summed E-state index contributed by atoms with van der Waals surface area (Å²) in [7, 11) is 1.73. The van der Waals surface area contributed by atoms with Gasteiger partial charge in [-0.2, -0.15) is 0 Å². The van der Waals surface area contributed by atoms with E-state index in [2.05, 4.69) is 5.32 Å². The maximum Gasteiger partial charge on any atom is 0.127 e. The van der Waals surface area contributed by atoms with E-state index in [1.54, 1.807) is 13.2 Å². The van der Waals surface area contributed by atoms with Crippen molar-refractivity contribution in [3.05, 3.63) is 24.0 Å². The van der Waals surface area contributed by atoms with Crippen molar-refractivity contribution >= 4 is 11.4 Å². The van der Waals surface area contributed by atoms with Crippen molar-refractivity contribution in [2.45, 2.75) is 31.4 Å². The summed E-state index contributed by atoms with van der Waals surface area (Å²) in [5.74, 6) is -0.302. The second-order valence-electron chi connectivity index (χ2n) is 4.29. The highest BCUT2D eigenvalue weighted by atomic mass is 19.1. The highest BCUT2D eigenvalue weighted by molar-refractivity contribution is 5.55. The Kier molecular flexibility index (Phi) is 3.29. The van der Waals surface area contributed by atoms with Crippen LogP contribution in [0, 0.1) is 5.82 Å². The molecule has 0 aromatic heterocycles. The number of hydrogen-bond donors (Lipinski definition) is 2. The third-order valence-electron chi connectivity index (χ3n) is 3.01. The van der Waals surface area contributed by atoms with Gasteiger partial charge in [0.25, 0.3) is 0 Å². The molecule has 2 atom stereocenters. The molecule has 88 valence electrons. The summed E-state index contributed by atoms with van der Waals surface area (Å²) in [5.41, 5.74) is 6.78. The van der Waals surface area contributed by atoms with Crippen molar-refractivity contribution < 1.29 is 9.13 Å². The van der Waals surface area contributed by atoms with E-state index in [4.69, 9.17) is 10.5 Å². The van der Waals surface area contributed by atoms with E-state index in [1.807, 2.05) is 0 Å². The van der Waals surface area contributed by atoms with Gasteiger partial charge >= 0.3 is 0 Å². The third kappa shape index (κ3) is 2.64. The normalized spacial score (nSPS) is 24.6. The Morgan fingerprint density at radius 1 is 1.38 bits per heavy atom. The van der Waals surface area contributed by atoms with Gasteiger partial charge in [0.2, 0.25) is 0 Å². The highest BCUT2D eigenvalue weighted by Gasteiger charge is 2.24. The Bertz CT molecular complexity index is 350. The van der Waals surface area contributed by atoms with Crippen molar-refractivity contribution in [2.75, 3.05) is 18.2 Å². The molecular weight excluding hydrogens is 207 g/mol. The standard InChI is InChI=1S/C12H17FN2O/c1-16-12-3-2-10(7-12)15-11-5-8(13)4-9(14)6-11/h4-6,10,12,15H,2-3,7,14H2,1H3. The molecule has 3 nitrogen and oxygen atoms in total. The Hall–Kier alpha value is -1.29. The number of anilines is 2. The Morgan fingerprint density at radius 2 is 2.19 bits per heavy atom. The van der Waals surface area contributed by atoms with Crippen LogP contribution in [0.2, 0.25) is 0 Å². The number of nitrogens with one attached hydrogen (secondary N) is 1. The molecule has 1 aliphatic carbocycles. The lowest BCUT2D eigenvalue weighted by molar-refractivity contribution is 0.108. The summed E-state index contributed by atoms with van der Waals surface area (Å²) in [6.45, 7) is 0. The first-order chi connectivity index (χ1) is 7.67. The van der Waals surface area contributed by atoms with E-state index < -0.39 is 0 Å². The van der Waals surface area contributed by atoms with E-state index in [-0.39, 0.29) is 5.82 Å². The zero-order valence-electron chi connectivity index (χ0n) is 9.37. The monoisotopic (exact) mass is 224 g/mol. The topological polar surface area (TPSA) is 47.3 Å². The molecule has 16 heavy (non-hydrogen) atoms. The predicted molar refractivity (Wildman–Crippen MR) is 62.9 cm³/mol. The number of hydrogen-bond acceptors (Lipinski definition) is 3. The van der Waals surface area contributed by atoms with Gasteiger partial charge in [0.1, 0.15) is 5.82 Å². The zero-order chi connectivity index (χ0) is 11.5. The largest absolute Gasteiger partial charge is 0.399 e. The van der Waals surface area contributed by atoms with E-state index in [0.717, 1.165) is 24.9 Å². The van der Waals surface area contributed by atoms with Gasteiger partial charge in [0, 0.05) is 24.5 Å². The predicted octanol–water partition coefficient (Wildman–Crippen LogP) is 2.39. The maximum absolute atomic E-state index is 13.1. The van der Waals surface area contributed by atoms with Gasteiger partial charge < -0.3 is 15.8 Å². The maximum atomic E-state index is 13.1. The van der Waals surface area contributed by atoms with Gasteiger partial charge in [-0.3, -0.25) is 0 Å². The minimum atomic E-state index is -0.302. The van der Waals surface area contributed by atoms with Crippen LogP contribution in [0.25, 0.3) is 0 Å². The summed E-state index contributed by atoms with van der Waals surface area (Å²) in [6.07, 6.45) is 3.39. The van der Waals surface area contributed by atoms with E-state index in [9.17, 15) is 4.39 Å². The fraction of sp³-hybridized carbons (Fsp3) is 0.500. The van der Waals surface area contributed by atoms with Crippen LogP contribution < -0.4 is 11.1 Å². The van der Waals surface area contributed by atoms with Crippen LogP contribution in [-0.2, 0) is 4.74 Å². The zero-order valence-corrected chi connectivity index (χ0v) is 9.37. The molecule has 0 aliphatic heterocycles. The molecule has 1 aliphatic rings. The third-order valence-corrected chi connectivity index (χ3v) is 3.01. The lowest BCUT2D eigenvalue weighted by Gasteiger charge is -2.14. The van der Waals surface area contributed by atoms with Crippen molar-refractivity contribution in [1.82, 2.24) is 0 Å². The summed E-state index contributed by atoms with van der Waals surface area (Å²) < 4.78 is 18.4. The fourth-order valence-electron chi connectivity index (χ4n) is 2.22. The van der Waals surface area contributed by atoms with Crippen LogP contribution >= 0.6 is 0 Å². The molecule has 3 N–H and O–H groups in total. The van der Waals surface area contributed by atoms with Gasteiger partial charge in [-0.15, -0.1) is 0 Å².